The largest absolute Gasteiger partial charge is 0.484 e. The first-order chi connectivity index (χ1) is 10.2. The molecule has 0 fully saturated rings. The zero-order valence-corrected chi connectivity index (χ0v) is 10.8. The number of ether oxygens (including phenoxy) is 1. The molecule has 0 unspecified atom stereocenters. The lowest BCUT2D eigenvalue weighted by atomic mass is 10.2. The fourth-order valence-corrected chi connectivity index (χ4v) is 1.87. The second-order valence-corrected chi connectivity index (χ2v) is 4.38. The molecule has 0 amide bonds. The number of aromatic nitrogens is 1. The van der Waals surface area contributed by atoms with Crippen LogP contribution in [0.15, 0.2) is 40.8 Å². The van der Waals surface area contributed by atoms with Crippen molar-refractivity contribution in [3.63, 3.8) is 0 Å². The Morgan fingerprint density at radius 2 is 2.14 bits per heavy atom. The molecule has 2 N–H and O–H groups in total. The molecule has 0 aliphatic carbocycles. The number of nitrogens with two attached hydrogens (primary N) is 1. The highest BCUT2D eigenvalue weighted by molar-refractivity contribution is 5.76. The molecule has 0 saturated heterocycles. The summed E-state index contributed by atoms with van der Waals surface area (Å²) in [6.07, 6.45) is 0. The SMILES string of the molecule is N#Cc1ccc(OCc2nc3ccc(N)cc3o2)cc1F. The van der Waals surface area contributed by atoms with Gasteiger partial charge in [-0.1, -0.05) is 0 Å². The van der Waals surface area contributed by atoms with Gasteiger partial charge in [0.15, 0.2) is 12.2 Å². The number of anilines is 1. The van der Waals surface area contributed by atoms with Crippen molar-refractivity contribution >= 4 is 16.8 Å². The van der Waals surface area contributed by atoms with Crippen molar-refractivity contribution in [2.45, 2.75) is 6.61 Å². The van der Waals surface area contributed by atoms with Crippen LogP contribution < -0.4 is 10.5 Å². The third-order valence-corrected chi connectivity index (χ3v) is 2.88. The Kier molecular flexibility index (Phi) is 3.16. The van der Waals surface area contributed by atoms with Crippen molar-refractivity contribution < 1.29 is 13.5 Å². The first-order valence-electron chi connectivity index (χ1n) is 6.13. The summed E-state index contributed by atoms with van der Waals surface area (Å²) in [5.74, 6) is 0.0361. The fraction of sp³-hybridized carbons (Fsp3) is 0.0667. The maximum absolute atomic E-state index is 13.4. The third kappa shape index (κ3) is 2.62. The molecule has 2 aromatic carbocycles. The summed E-state index contributed by atoms with van der Waals surface area (Å²) in [6.45, 7) is 0.0555. The third-order valence-electron chi connectivity index (χ3n) is 2.88. The van der Waals surface area contributed by atoms with Crippen LogP contribution in [0.3, 0.4) is 0 Å². The van der Waals surface area contributed by atoms with Crippen molar-refractivity contribution in [2.24, 2.45) is 0 Å². The molecule has 6 heteroatoms. The number of nitrogen functional groups attached to an aromatic ring is 1. The highest BCUT2D eigenvalue weighted by Gasteiger charge is 2.08. The van der Waals surface area contributed by atoms with Gasteiger partial charge >= 0.3 is 0 Å². The Bertz CT molecular complexity index is 852. The predicted octanol–water partition coefficient (Wildman–Crippen LogP) is 3.00. The van der Waals surface area contributed by atoms with Crippen molar-refractivity contribution in [1.82, 2.24) is 4.98 Å². The van der Waals surface area contributed by atoms with E-state index < -0.39 is 5.82 Å². The number of fused-ring (bicyclic) bond motifs is 1. The minimum Gasteiger partial charge on any atom is -0.484 e. The minimum absolute atomic E-state index is 0.0281. The Balaban J connectivity index is 1.77. The van der Waals surface area contributed by atoms with Gasteiger partial charge in [-0.2, -0.15) is 5.26 Å². The number of benzene rings is 2. The molecule has 0 bridgehead atoms. The summed E-state index contributed by atoms with van der Waals surface area (Å²) in [5.41, 5.74) is 7.45. The van der Waals surface area contributed by atoms with Gasteiger partial charge in [-0.3, -0.25) is 0 Å². The summed E-state index contributed by atoms with van der Waals surface area (Å²) < 4.78 is 24.3. The molecule has 0 atom stereocenters. The Morgan fingerprint density at radius 1 is 1.29 bits per heavy atom. The molecule has 3 aromatic rings. The van der Waals surface area contributed by atoms with Crippen LogP contribution in [0.25, 0.3) is 11.1 Å². The second kappa shape index (κ2) is 5.13. The van der Waals surface area contributed by atoms with E-state index in [1.165, 1.54) is 12.1 Å². The van der Waals surface area contributed by atoms with E-state index in [4.69, 9.17) is 20.1 Å². The van der Waals surface area contributed by atoms with Gasteiger partial charge in [0.1, 0.15) is 23.2 Å². The summed E-state index contributed by atoms with van der Waals surface area (Å²) in [7, 11) is 0. The maximum Gasteiger partial charge on any atom is 0.233 e. The number of rotatable bonds is 3. The lowest BCUT2D eigenvalue weighted by Crippen LogP contribution is -1.96. The highest BCUT2D eigenvalue weighted by atomic mass is 19.1. The maximum atomic E-state index is 13.4. The molecular weight excluding hydrogens is 273 g/mol. The standard InChI is InChI=1S/C15H10FN3O2/c16-12-6-11(3-1-9(12)7-17)20-8-15-19-13-4-2-10(18)5-14(13)21-15/h1-6H,8,18H2. The second-order valence-electron chi connectivity index (χ2n) is 4.38. The van der Waals surface area contributed by atoms with Crippen LogP contribution in [0.1, 0.15) is 11.5 Å². The average molecular weight is 283 g/mol. The van der Waals surface area contributed by atoms with E-state index in [-0.39, 0.29) is 12.2 Å². The van der Waals surface area contributed by atoms with Crippen LogP contribution in [-0.4, -0.2) is 4.98 Å². The van der Waals surface area contributed by atoms with Crippen LogP contribution in [0, 0.1) is 17.1 Å². The van der Waals surface area contributed by atoms with Crippen LogP contribution in [0.5, 0.6) is 5.75 Å². The van der Waals surface area contributed by atoms with E-state index >= 15 is 0 Å². The summed E-state index contributed by atoms with van der Waals surface area (Å²) in [4.78, 5) is 4.23. The van der Waals surface area contributed by atoms with Crippen molar-refractivity contribution in [2.75, 3.05) is 5.73 Å². The van der Waals surface area contributed by atoms with Crippen LogP contribution in [0.2, 0.25) is 0 Å². The van der Waals surface area contributed by atoms with E-state index in [9.17, 15) is 4.39 Å². The Morgan fingerprint density at radius 3 is 2.90 bits per heavy atom. The normalized spacial score (nSPS) is 10.5. The fourth-order valence-electron chi connectivity index (χ4n) is 1.87. The van der Waals surface area contributed by atoms with E-state index in [0.717, 1.165) is 6.07 Å². The average Bonchev–Trinajstić information content (AvgIpc) is 2.87. The quantitative estimate of drug-likeness (QED) is 0.747. The highest BCUT2D eigenvalue weighted by Crippen LogP contribution is 2.21. The topological polar surface area (TPSA) is 85.1 Å². The molecule has 1 heterocycles. The summed E-state index contributed by atoms with van der Waals surface area (Å²) >= 11 is 0. The molecule has 21 heavy (non-hydrogen) atoms. The van der Waals surface area contributed by atoms with E-state index in [1.54, 1.807) is 24.3 Å². The number of oxazole rings is 1. The monoisotopic (exact) mass is 283 g/mol. The number of nitrogens with zero attached hydrogens (tertiary/aromatic N) is 2. The zero-order valence-electron chi connectivity index (χ0n) is 10.8. The van der Waals surface area contributed by atoms with Crippen LogP contribution >= 0.6 is 0 Å². The van der Waals surface area contributed by atoms with Crippen LogP contribution in [-0.2, 0) is 6.61 Å². The molecule has 5 nitrogen and oxygen atoms in total. The molecule has 0 saturated carbocycles. The summed E-state index contributed by atoms with van der Waals surface area (Å²) in [6, 6.07) is 10.9. The van der Waals surface area contributed by atoms with Gasteiger partial charge in [0.25, 0.3) is 0 Å². The van der Waals surface area contributed by atoms with Gasteiger partial charge in [0.2, 0.25) is 5.89 Å². The molecule has 3 rings (SSSR count). The molecule has 0 aliphatic heterocycles. The Hall–Kier alpha value is -3.07. The number of hydrogen-bond acceptors (Lipinski definition) is 5. The van der Waals surface area contributed by atoms with Crippen LogP contribution in [0.4, 0.5) is 10.1 Å². The van der Waals surface area contributed by atoms with Gasteiger partial charge in [-0.15, -0.1) is 0 Å². The minimum atomic E-state index is -0.625. The van der Waals surface area contributed by atoms with Crippen molar-refractivity contribution in [3.05, 3.63) is 53.7 Å². The van der Waals surface area contributed by atoms with E-state index in [0.29, 0.717) is 28.4 Å². The molecule has 1 aromatic heterocycles. The first kappa shape index (κ1) is 12.9. The molecule has 104 valence electrons. The van der Waals surface area contributed by atoms with E-state index in [2.05, 4.69) is 4.98 Å². The van der Waals surface area contributed by atoms with E-state index in [1.807, 2.05) is 0 Å². The zero-order chi connectivity index (χ0) is 14.8. The van der Waals surface area contributed by atoms with Gasteiger partial charge in [-0.05, 0) is 24.3 Å². The van der Waals surface area contributed by atoms with Gasteiger partial charge in [-0.25, -0.2) is 9.37 Å². The number of halogens is 1. The molecule has 0 aliphatic rings. The molecular formula is C15H10FN3O2. The number of hydrogen-bond donors (Lipinski definition) is 1. The van der Waals surface area contributed by atoms with Crippen molar-refractivity contribution in [3.8, 4) is 11.8 Å². The smallest absolute Gasteiger partial charge is 0.233 e. The molecule has 0 radical (unpaired) electrons. The van der Waals surface area contributed by atoms with Gasteiger partial charge in [0.05, 0.1) is 5.56 Å². The number of nitriles is 1. The van der Waals surface area contributed by atoms with Gasteiger partial charge in [0, 0.05) is 17.8 Å². The lowest BCUT2D eigenvalue weighted by Gasteiger charge is -2.03. The summed E-state index contributed by atoms with van der Waals surface area (Å²) in [5, 5.41) is 8.65. The molecule has 0 spiro atoms. The Labute approximate surface area is 119 Å². The van der Waals surface area contributed by atoms with Crippen molar-refractivity contribution in [1.29, 1.82) is 5.26 Å². The lowest BCUT2D eigenvalue weighted by molar-refractivity contribution is 0.266. The predicted molar refractivity (Wildman–Crippen MR) is 73.9 cm³/mol. The van der Waals surface area contributed by atoms with Gasteiger partial charge < -0.3 is 14.9 Å². The first-order valence-corrected chi connectivity index (χ1v) is 6.13.